The lowest BCUT2D eigenvalue weighted by molar-refractivity contribution is 0.174. The average Bonchev–Trinajstić information content (AvgIpc) is 3.21. The van der Waals surface area contributed by atoms with E-state index in [0.29, 0.717) is 11.7 Å². The van der Waals surface area contributed by atoms with Crippen LogP contribution < -0.4 is 25.0 Å². The molecule has 2 aromatic rings. The first-order valence-corrected chi connectivity index (χ1v) is 10.1. The van der Waals surface area contributed by atoms with E-state index in [4.69, 9.17) is 21.7 Å². The van der Waals surface area contributed by atoms with Crippen molar-refractivity contribution in [1.82, 2.24) is 10.2 Å². The number of nitrogens with zero attached hydrogens (tertiary/aromatic N) is 2. The van der Waals surface area contributed by atoms with Gasteiger partial charge in [0.1, 0.15) is 0 Å². The van der Waals surface area contributed by atoms with Crippen LogP contribution in [0.15, 0.2) is 42.5 Å². The summed E-state index contributed by atoms with van der Waals surface area (Å²) in [5.41, 5.74) is 3.34. The number of fused-ring (bicyclic) bond motifs is 1. The Morgan fingerprint density at radius 3 is 2.50 bits per heavy atom. The van der Waals surface area contributed by atoms with E-state index in [1.807, 2.05) is 18.2 Å². The third kappa shape index (κ3) is 4.48. The van der Waals surface area contributed by atoms with Gasteiger partial charge in [-0.25, -0.2) is 0 Å². The van der Waals surface area contributed by atoms with E-state index in [9.17, 15) is 0 Å². The van der Waals surface area contributed by atoms with Crippen LogP contribution in [0.3, 0.4) is 0 Å². The Bertz CT molecular complexity index is 820. The summed E-state index contributed by atoms with van der Waals surface area (Å²) >= 11 is 5.42. The summed E-state index contributed by atoms with van der Waals surface area (Å²) in [4.78, 5) is 4.92. The molecule has 7 heteroatoms. The number of hydrogen-bond donors (Lipinski definition) is 2. The van der Waals surface area contributed by atoms with Crippen LogP contribution in [0.2, 0.25) is 0 Å². The summed E-state index contributed by atoms with van der Waals surface area (Å²) in [5, 5.41) is 7.08. The number of likely N-dealkylation sites (N-methyl/N-ethyl adjacent to an activating group) is 1. The highest BCUT2D eigenvalue weighted by Gasteiger charge is 2.16. The number of piperazine rings is 1. The molecule has 2 heterocycles. The van der Waals surface area contributed by atoms with Crippen molar-refractivity contribution in [2.75, 3.05) is 49.7 Å². The molecule has 0 radical (unpaired) electrons. The normalized spacial score (nSPS) is 16.1. The van der Waals surface area contributed by atoms with Gasteiger partial charge in [0.15, 0.2) is 16.6 Å². The molecule has 2 aliphatic rings. The van der Waals surface area contributed by atoms with Gasteiger partial charge in [-0.3, -0.25) is 0 Å². The fraction of sp³-hybridized carbons (Fsp3) is 0.381. The minimum absolute atomic E-state index is 0.288. The SMILES string of the molecule is CCN1CCN(c2ccc(NC(=S)NCc3ccc4c(c3)OCO4)cc2)CC1. The maximum absolute atomic E-state index is 5.42. The second-order valence-electron chi connectivity index (χ2n) is 6.96. The molecule has 6 nitrogen and oxygen atoms in total. The van der Waals surface area contributed by atoms with Crippen molar-refractivity contribution in [3.8, 4) is 11.5 Å². The zero-order valence-corrected chi connectivity index (χ0v) is 16.9. The molecule has 1 fully saturated rings. The van der Waals surface area contributed by atoms with Crippen LogP contribution in [0.25, 0.3) is 0 Å². The summed E-state index contributed by atoms with van der Waals surface area (Å²) < 4.78 is 10.7. The first-order valence-electron chi connectivity index (χ1n) is 9.72. The first-order chi connectivity index (χ1) is 13.7. The molecule has 4 rings (SSSR count). The van der Waals surface area contributed by atoms with Crippen LogP contribution in [-0.2, 0) is 6.54 Å². The first kappa shape index (κ1) is 18.8. The predicted molar refractivity (Wildman–Crippen MR) is 116 cm³/mol. The van der Waals surface area contributed by atoms with Crippen molar-refractivity contribution >= 4 is 28.7 Å². The number of anilines is 2. The Hall–Kier alpha value is -2.51. The molecule has 0 unspecified atom stereocenters. The van der Waals surface area contributed by atoms with Crippen LogP contribution in [0.5, 0.6) is 11.5 Å². The Kier molecular flexibility index (Phi) is 5.83. The number of rotatable bonds is 5. The Morgan fingerprint density at radius 2 is 1.75 bits per heavy atom. The molecular formula is C21H26N4O2S. The van der Waals surface area contributed by atoms with E-state index in [2.05, 4.69) is 51.6 Å². The van der Waals surface area contributed by atoms with Gasteiger partial charge in [-0.1, -0.05) is 13.0 Å². The summed E-state index contributed by atoms with van der Waals surface area (Å²) in [5.74, 6) is 1.58. The fourth-order valence-corrected chi connectivity index (χ4v) is 3.68. The fourth-order valence-electron chi connectivity index (χ4n) is 3.49. The second kappa shape index (κ2) is 8.67. The van der Waals surface area contributed by atoms with Gasteiger partial charge in [-0.05, 0) is 60.7 Å². The molecule has 0 amide bonds. The highest BCUT2D eigenvalue weighted by molar-refractivity contribution is 7.80. The summed E-state index contributed by atoms with van der Waals surface area (Å²) in [6, 6.07) is 14.4. The minimum Gasteiger partial charge on any atom is -0.454 e. The Morgan fingerprint density at radius 1 is 1.00 bits per heavy atom. The van der Waals surface area contributed by atoms with Crippen LogP contribution in [0.1, 0.15) is 12.5 Å². The van der Waals surface area contributed by atoms with Gasteiger partial charge in [0.2, 0.25) is 6.79 Å². The number of ether oxygens (including phenoxy) is 2. The maximum Gasteiger partial charge on any atom is 0.231 e. The van der Waals surface area contributed by atoms with Crippen molar-refractivity contribution in [1.29, 1.82) is 0 Å². The lowest BCUT2D eigenvalue weighted by atomic mass is 10.2. The van der Waals surface area contributed by atoms with Crippen LogP contribution in [0.4, 0.5) is 11.4 Å². The van der Waals surface area contributed by atoms with Gasteiger partial charge in [-0.2, -0.15) is 0 Å². The predicted octanol–water partition coefficient (Wildman–Crippen LogP) is 3.04. The quantitative estimate of drug-likeness (QED) is 0.751. The molecule has 0 spiro atoms. The van der Waals surface area contributed by atoms with Gasteiger partial charge in [0.25, 0.3) is 0 Å². The molecule has 1 saturated heterocycles. The highest BCUT2D eigenvalue weighted by Crippen LogP contribution is 2.32. The number of hydrogen-bond acceptors (Lipinski definition) is 5. The Balaban J connectivity index is 1.26. The maximum atomic E-state index is 5.42. The van der Waals surface area contributed by atoms with E-state index in [1.54, 1.807) is 0 Å². The zero-order chi connectivity index (χ0) is 19.3. The summed E-state index contributed by atoms with van der Waals surface area (Å²) in [7, 11) is 0. The van der Waals surface area contributed by atoms with Gasteiger partial charge in [-0.15, -0.1) is 0 Å². The molecule has 0 aromatic heterocycles. The van der Waals surface area contributed by atoms with Crippen LogP contribution in [0, 0.1) is 0 Å². The van der Waals surface area contributed by atoms with Crippen molar-refractivity contribution in [2.24, 2.45) is 0 Å². The van der Waals surface area contributed by atoms with Crippen molar-refractivity contribution in [3.05, 3.63) is 48.0 Å². The van der Waals surface area contributed by atoms with Crippen LogP contribution in [-0.4, -0.2) is 49.5 Å². The molecule has 148 valence electrons. The third-order valence-corrected chi connectivity index (χ3v) is 5.45. The van der Waals surface area contributed by atoms with Crippen molar-refractivity contribution in [2.45, 2.75) is 13.5 Å². The topological polar surface area (TPSA) is 49.0 Å². The van der Waals surface area contributed by atoms with Gasteiger partial charge >= 0.3 is 0 Å². The number of thiocarbonyl (C=S) groups is 1. The number of nitrogens with one attached hydrogen (secondary N) is 2. The molecule has 28 heavy (non-hydrogen) atoms. The van der Waals surface area contributed by atoms with Crippen molar-refractivity contribution in [3.63, 3.8) is 0 Å². The van der Waals surface area contributed by atoms with Crippen LogP contribution >= 0.6 is 12.2 Å². The number of benzene rings is 2. The molecular weight excluding hydrogens is 372 g/mol. The largest absolute Gasteiger partial charge is 0.454 e. The van der Waals surface area contributed by atoms with Crippen molar-refractivity contribution < 1.29 is 9.47 Å². The van der Waals surface area contributed by atoms with E-state index in [0.717, 1.165) is 55.5 Å². The standard InChI is InChI=1S/C21H26N4O2S/c1-2-24-9-11-25(12-10-24)18-6-4-17(5-7-18)23-21(28)22-14-16-3-8-19-20(13-16)27-15-26-19/h3-8,13H,2,9-12,14-15H2,1H3,(H2,22,23,28). The van der Waals surface area contributed by atoms with Gasteiger partial charge in [0, 0.05) is 44.1 Å². The molecule has 0 aliphatic carbocycles. The zero-order valence-electron chi connectivity index (χ0n) is 16.1. The lowest BCUT2D eigenvalue weighted by Crippen LogP contribution is -2.46. The smallest absolute Gasteiger partial charge is 0.231 e. The van der Waals surface area contributed by atoms with Gasteiger partial charge in [0.05, 0.1) is 0 Å². The minimum atomic E-state index is 0.288. The molecule has 2 aromatic carbocycles. The molecule has 2 N–H and O–H groups in total. The van der Waals surface area contributed by atoms with E-state index < -0.39 is 0 Å². The summed E-state index contributed by atoms with van der Waals surface area (Å²) in [6.07, 6.45) is 0. The second-order valence-corrected chi connectivity index (χ2v) is 7.37. The Labute approximate surface area is 171 Å². The third-order valence-electron chi connectivity index (χ3n) is 5.20. The molecule has 0 atom stereocenters. The molecule has 0 bridgehead atoms. The van der Waals surface area contributed by atoms with E-state index in [1.165, 1.54) is 5.69 Å². The molecule has 2 aliphatic heterocycles. The van der Waals surface area contributed by atoms with Gasteiger partial charge < -0.3 is 29.9 Å². The molecule has 0 saturated carbocycles. The monoisotopic (exact) mass is 398 g/mol. The lowest BCUT2D eigenvalue weighted by Gasteiger charge is -2.35. The average molecular weight is 399 g/mol. The van der Waals surface area contributed by atoms with E-state index in [-0.39, 0.29) is 6.79 Å². The highest BCUT2D eigenvalue weighted by atomic mass is 32.1. The van der Waals surface area contributed by atoms with E-state index >= 15 is 0 Å². The summed E-state index contributed by atoms with van der Waals surface area (Å²) in [6.45, 7) is 8.69.